The molecular formula is C21H30N2O4S. The molecule has 7 heteroatoms. The molecule has 0 aromatic heterocycles. The summed E-state index contributed by atoms with van der Waals surface area (Å²) in [5, 5.41) is 9.67. The smallest absolute Gasteiger partial charge is 0.245 e. The third-order valence-corrected chi connectivity index (χ3v) is 7.61. The fourth-order valence-electron chi connectivity index (χ4n) is 4.68. The van der Waals surface area contributed by atoms with Gasteiger partial charge in [0.05, 0.1) is 4.90 Å². The highest BCUT2D eigenvalue weighted by Gasteiger charge is 2.48. The van der Waals surface area contributed by atoms with Crippen molar-refractivity contribution in [3.63, 3.8) is 0 Å². The molecule has 28 heavy (non-hydrogen) atoms. The largest absolute Gasteiger partial charge is 0.286 e. The summed E-state index contributed by atoms with van der Waals surface area (Å²) in [5.74, 6) is 1.07. The minimum absolute atomic E-state index is 0.00165. The number of hydroxylamine groups is 2. The van der Waals surface area contributed by atoms with Crippen LogP contribution in [0.1, 0.15) is 44.9 Å². The average Bonchev–Trinajstić information content (AvgIpc) is 3.27. The van der Waals surface area contributed by atoms with E-state index in [0.29, 0.717) is 40.6 Å². The monoisotopic (exact) mass is 406 g/mol. The number of unbranched alkanes of at least 4 members (excludes halogenated alkanes) is 1. The molecule has 2 saturated carbocycles. The van der Waals surface area contributed by atoms with Crippen LogP contribution in [-0.2, 0) is 14.8 Å². The summed E-state index contributed by atoms with van der Waals surface area (Å²) in [4.78, 5) is 11.7. The van der Waals surface area contributed by atoms with Gasteiger partial charge in [0.1, 0.15) is 0 Å². The Morgan fingerprint density at radius 1 is 1.21 bits per heavy atom. The van der Waals surface area contributed by atoms with Gasteiger partial charge in [-0.25, -0.2) is 18.2 Å². The molecule has 4 atom stereocenters. The number of hydrogen-bond donors (Lipinski definition) is 2. The second-order valence-electron chi connectivity index (χ2n) is 7.97. The van der Waals surface area contributed by atoms with Gasteiger partial charge in [-0.2, -0.15) is 0 Å². The molecule has 4 unspecified atom stereocenters. The predicted molar refractivity (Wildman–Crippen MR) is 107 cm³/mol. The third kappa shape index (κ3) is 5.01. The summed E-state index contributed by atoms with van der Waals surface area (Å²) in [6.45, 7) is 0. The van der Waals surface area contributed by atoms with E-state index in [1.165, 1.54) is 13.5 Å². The molecule has 2 aliphatic carbocycles. The van der Waals surface area contributed by atoms with Crippen molar-refractivity contribution in [2.75, 3.05) is 7.05 Å². The van der Waals surface area contributed by atoms with Crippen LogP contribution in [0.3, 0.4) is 0 Å². The first-order chi connectivity index (χ1) is 13.4. The highest BCUT2D eigenvalue weighted by Crippen LogP contribution is 2.50. The van der Waals surface area contributed by atoms with Crippen LogP contribution in [0.15, 0.2) is 47.4 Å². The van der Waals surface area contributed by atoms with Crippen LogP contribution in [0, 0.1) is 17.8 Å². The zero-order chi connectivity index (χ0) is 20.1. The van der Waals surface area contributed by atoms with Crippen molar-refractivity contribution in [1.82, 2.24) is 9.79 Å². The molecule has 1 amide bonds. The lowest BCUT2D eigenvalue weighted by Gasteiger charge is -2.31. The molecule has 2 aliphatic rings. The van der Waals surface area contributed by atoms with Gasteiger partial charge in [-0.15, -0.1) is 0 Å². The molecule has 3 rings (SSSR count). The maximum absolute atomic E-state index is 12.8. The van der Waals surface area contributed by atoms with E-state index >= 15 is 0 Å². The van der Waals surface area contributed by atoms with Gasteiger partial charge in [-0.1, -0.05) is 30.4 Å². The van der Waals surface area contributed by atoms with E-state index in [9.17, 15) is 13.2 Å². The van der Waals surface area contributed by atoms with Crippen molar-refractivity contribution in [2.24, 2.45) is 17.8 Å². The van der Waals surface area contributed by atoms with Gasteiger partial charge in [0.25, 0.3) is 0 Å². The lowest BCUT2D eigenvalue weighted by Crippen LogP contribution is -2.43. The Morgan fingerprint density at radius 2 is 1.93 bits per heavy atom. The number of fused-ring (bicyclic) bond motifs is 2. The molecule has 6 nitrogen and oxygen atoms in total. The van der Waals surface area contributed by atoms with Crippen molar-refractivity contribution in [2.45, 2.75) is 55.9 Å². The maximum atomic E-state index is 12.8. The van der Waals surface area contributed by atoms with E-state index in [1.54, 1.807) is 24.3 Å². The molecule has 0 heterocycles. The van der Waals surface area contributed by atoms with Crippen LogP contribution in [-0.4, -0.2) is 37.7 Å². The molecule has 0 aliphatic heterocycles. The summed E-state index contributed by atoms with van der Waals surface area (Å²) in [6, 6.07) is 8.57. The Labute approximate surface area is 167 Å². The van der Waals surface area contributed by atoms with Crippen molar-refractivity contribution in [1.29, 1.82) is 0 Å². The zero-order valence-corrected chi connectivity index (χ0v) is 17.1. The average molecular weight is 407 g/mol. The van der Waals surface area contributed by atoms with Crippen molar-refractivity contribution >= 4 is 15.9 Å². The Kier molecular flexibility index (Phi) is 6.91. The Balaban J connectivity index is 1.55. The summed E-state index contributed by atoms with van der Waals surface area (Å²) >= 11 is 0. The zero-order valence-electron chi connectivity index (χ0n) is 16.3. The molecular weight excluding hydrogens is 376 g/mol. The second-order valence-corrected chi connectivity index (χ2v) is 9.69. The quantitative estimate of drug-likeness (QED) is 0.285. The maximum Gasteiger partial charge on any atom is 0.245 e. The normalized spacial score (nSPS) is 26.8. The second kappa shape index (κ2) is 9.20. The molecule has 0 radical (unpaired) electrons. The van der Waals surface area contributed by atoms with Crippen LogP contribution in [0.2, 0.25) is 0 Å². The van der Waals surface area contributed by atoms with E-state index in [0.717, 1.165) is 25.7 Å². The van der Waals surface area contributed by atoms with Gasteiger partial charge < -0.3 is 0 Å². The van der Waals surface area contributed by atoms with Crippen LogP contribution in [0.5, 0.6) is 0 Å². The van der Waals surface area contributed by atoms with Crippen molar-refractivity contribution in [3.8, 4) is 0 Å². The molecule has 2 N–H and O–H groups in total. The van der Waals surface area contributed by atoms with Gasteiger partial charge in [-0.05, 0) is 68.4 Å². The van der Waals surface area contributed by atoms with Gasteiger partial charge in [0, 0.05) is 19.5 Å². The number of rotatable bonds is 9. The number of allylic oxidation sites excluding steroid dienone is 2. The third-order valence-electron chi connectivity index (χ3n) is 6.13. The predicted octanol–water partition coefficient (Wildman–Crippen LogP) is 3.34. The number of carbonyl (C=O) groups excluding carboxylic acids is 1. The van der Waals surface area contributed by atoms with Gasteiger partial charge in [0.15, 0.2) is 0 Å². The van der Waals surface area contributed by atoms with E-state index in [2.05, 4.69) is 16.9 Å². The minimum atomic E-state index is -3.50. The Hall–Kier alpha value is -1.70. The van der Waals surface area contributed by atoms with E-state index in [-0.39, 0.29) is 11.9 Å². The summed E-state index contributed by atoms with van der Waals surface area (Å²) in [7, 11) is -2.16. The highest BCUT2D eigenvalue weighted by molar-refractivity contribution is 7.89. The molecule has 0 spiro atoms. The lowest BCUT2D eigenvalue weighted by molar-refractivity contribution is -0.159. The summed E-state index contributed by atoms with van der Waals surface area (Å²) < 4.78 is 28.5. The first-order valence-corrected chi connectivity index (χ1v) is 11.5. The number of nitrogens with zero attached hydrogens (tertiary/aromatic N) is 1. The molecule has 0 saturated heterocycles. The van der Waals surface area contributed by atoms with Gasteiger partial charge in [0.2, 0.25) is 15.9 Å². The van der Waals surface area contributed by atoms with E-state index in [4.69, 9.17) is 5.21 Å². The van der Waals surface area contributed by atoms with E-state index in [1.807, 2.05) is 6.07 Å². The number of benzene rings is 1. The molecule has 1 aromatic carbocycles. The first-order valence-electron chi connectivity index (χ1n) is 10.1. The summed E-state index contributed by atoms with van der Waals surface area (Å²) in [6.07, 6.45) is 10.2. The van der Waals surface area contributed by atoms with Crippen LogP contribution < -0.4 is 4.72 Å². The van der Waals surface area contributed by atoms with Crippen molar-refractivity contribution < 1.29 is 18.4 Å². The van der Waals surface area contributed by atoms with Gasteiger partial charge in [-0.3, -0.25) is 10.0 Å². The number of sulfonamides is 1. The Morgan fingerprint density at radius 3 is 2.64 bits per heavy atom. The SMILES string of the molecule is CN(O)C(=O)CCC/C=C\CC1C2CCC(C2)C1NS(=O)(=O)c1ccccc1. The number of nitrogens with one attached hydrogen (secondary N) is 1. The molecule has 1 aromatic rings. The van der Waals surface area contributed by atoms with Crippen LogP contribution in [0.4, 0.5) is 0 Å². The standard InChI is InChI=1S/C21H30N2O4S/c1-23(25)20(24)12-8-3-2-7-11-19-16-13-14-17(15-16)21(19)22-28(26,27)18-9-5-4-6-10-18/h2,4-7,9-10,16-17,19,21-22,25H,3,8,11-15H2,1H3/b7-2-. The number of carbonyl (C=O) groups is 1. The molecule has 154 valence electrons. The number of hydrogen-bond acceptors (Lipinski definition) is 4. The first kappa shape index (κ1) is 21.0. The lowest BCUT2D eigenvalue weighted by atomic mass is 9.83. The number of amides is 1. The fraction of sp³-hybridized carbons (Fsp3) is 0.571. The van der Waals surface area contributed by atoms with Crippen LogP contribution in [0.25, 0.3) is 0 Å². The molecule has 2 bridgehead atoms. The summed E-state index contributed by atoms with van der Waals surface area (Å²) in [5.41, 5.74) is 0. The minimum Gasteiger partial charge on any atom is -0.286 e. The highest BCUT2D eigenvalue weighted by atomic mass is 32.2. The molecule has 2 fully saturated rings. The van der Waals surface area contributed by atoms with Crippen LogP contribution >= 0.6 is 0 Å². The van der Waals surface area contributed by atoms with E-state index < -0.39 is 10.0 Å². The van der Waals surface area contributed by atoms with Crippen molar-refractivity contribution in [3.05, 3.63) is 42.5 Å². The topological polar surface area (TPSA) is 86.7 Å². The Bertz CT molecular complexity index is 792. The fourth-order valence-corrected chi connectivity index (χ4v) is 6.06. The van der Waals surface area contributed by atoms with Gasteiger partial charge >= 0.3 is 0 Å².